The first kappa shape index (κ1) is 13.5. The van der Waals surface area contributed by atoms with Gasteiger partial charge in [0.1, 0.15) is 6.04 Å². The number of nitrogens with zero attached hydrogens (tertiary/aromatic N) is 2. The van der Waals surface area contributed by atoms with Crippen molar-refractivity contribution in [3.63, 3.8) is 0 Å². The highest BCUT2D eigenvalue weighted by molar-refractivity contribution is 5.96. The van der Waals surface area contributed by atoms with Crippen LogP contribution in [0.15, 0.2) is 18.5 Å². The smallest absolute Gasteiger partial charge is 0.326 e. The third kappa shape index (κ3) is 2.92. The Morgan fingerprint density at radius 1 is 1.42 bits per heavy atom. The molecule has 0 radical (unpaired) electrons. The molecule has 1 amide bonds. The number of amides is 1. The molecule has 19 heavy (non-hydrogen) atoms. The number of carbonyl (C=O) groups is 2. The van der Waals surface area contributed by atoms with Crippen molar-refractivity contribution in [2.75, 3.05) is 6.54 Å². The van der Waals surface area contributed by atoms with Gasteiger partial charge in [-0.15, -0.1) is 0 Å². The van der Waals surface area contributed by atoms with E-state index in [0.717, 1.165) is 12.0 Å². The zero-order valence-electron chi connectivity index (χ0n) is 11.2. The Kier molecular flexibility index (Phi) is 3.83. The average molecular weight is 262 g/mol. The topological polar surface area (TPSA) is 70.5 Å². The van der Waals surface area contributed by atoms with E-state index in [1.165, 1.54) is 11.1 Å². The Balaban J connectivity index is 2.24. The predicted octanol–water partition coefficient (Wildman–Crippen LogP) is 1.72. The summed E-state index contributed by atoms with van der Waals surface area (Å²) in [5, 5.41) is 9.27. The Hall–Kier alpha value is -1.91. The summed E-state index contributed by atoms with van der Waals surface area (Å²) in [5.74, 6) is -0.836. The maximum Gasteiger partial charge on any atom is 0.326 e. The van der Waals surface area contributed by atoms with Crippen molar-refractivity contribution in [1.82, 2.24) is 9.88 Å². The maximum absolute atomic E-state index is 12.4. The van der Waals surface area contributed by atoms with E-state index in [4.69, 9.17) is 0 Å². The molecule has 5 nitrogen and oxygen atoms in total. The fourth-order valence-electron chi connectivity index (χ4n) is 2.46. The number of carboxylic acid groups (broad SMARTS) is 1. The molecule has 0 aromatic carbocycles. The van der Waals surface area contributed by atoms with E-state index < -0.39 is 12.0 Å². The van der Waals surface area contributed by atoms with Gasteiger partial charge < -0.3 is 10.0 Å². The van der Waals surface area contributed by atoms with Gasteiger partial charge in [-0.1, -0.05) is 6.92 Å². The van der Waals surface area contributed by atoms with E-state index in [9.17, 15) is 14.7 Å². The van der Waals surface area contributed by atoms with Crippen LogP contribution >= 0.6 is 0 Å². The van der Waals surface area contributed by atoms with E-state index in [1.54, 1.807) is 12.3 Å². The molecule has 1 fully saturated rings. The van der Waals surface area contributed by atoms with Gasteiger partial charge >= 0.3 is 5.97 Å². The van der Waals surface area contributed by atoms with Crippen molar-refractivity contribution < 1.29 is 14.7 Å². The molecule has 1 aromatic rings. The average Bonchev–Trinajstić information content (AvgIpc) is 2.37. The van der Waals surface area contributed by atoms with Crippen molar-refractivity contribution >= 4 is 11.9 Å². The molecule has 1 aliphatic heterocycles. The highest BCUT2D eigenvalue weighted by Crippen LogP contribution is 2.24. The number of rotatable bonds is 2. The van der Waals surface area contributed by atoms with Crippen LogP contribution in [0.5, 0.6) is 0 Å². The molecule has 2 heterocycles. The number of hydrogen-bond acceptors (Lipinski definition) is 3. The minimum Gasteiger partial charge on any atom is -0.480 e. The number of hydrogen-bond donors (Lipinski definition) is 1. The monoisotopic (exact) mass is 262 g/mol. The van der Waals surface area contributed by atoms with Gasteiger partial charge in [-0.25, -0.2) is 4.79 Å². The minimum atomic E-state index is -0.930. The SMILES string of the molecule is Cc1cncc(C(=O)N2CCC(C)CC2C(=O)O)c1. The third-order valence-corrected chi connectivity index (χ3v) is 3.53. The van der Waals surface area contributed by atoms with E-state index in [0.29, 0.717) is 24.4 Å². The summed E-state index contributed by atoms with van der Waals surface area (Å²) < 4.78 is 0. The van der Waals surface area contributed by atoms with Gasteiger partial charge in [0.25, 0.3) is 5.91 Å². The summed E-state index contributed by atoms with van der Waals surface area (Å²) in [5.41, 5.74) is 1.35. The summed E-state index contributed by atoms with van der Waals surface area (Å²) >= 11 is 0. The van der Waals surface area contributed by atoms with Gasteiger partial charge in [-0.2, -0.15) is 0 Å². The Morgan fingerprint density at radius 3 is 2.79 bits per heavy atom. The number of aliphatic carboxylic acids is 1. The third-order valence-electron chi connectivity index (χ3n) is 3.53. The number of aromatic nitrogens is 1. The van der Waals surface area contributed by atoms with Crippen LogP contribution in [0.1, 0.15) is 35.7 Å². The fourth-order valence-corrected chi connectivity index (χ4v) is 2.46. The first-order valence-electron chi connectivity index (χ1n) is 6.44. The van der Waals surface area contributed by atoms with Crippen LogP contribution in [0.2, 0.25) is 0 Å². The number of aryl methyl sites for hydroxylation is 1. The number of piperidine rings is 1. The Bertz CT molecular complexity index is 501. The summed E-state index contributed by atoms with van der Waals surface area (Å²) in [4.78, 5) is 29.1. The number of likely N-dealkylation sites (tertiary alicyclic amines) is 1. The second-order valence-corrected chi connectivity index (χ2v) is 5.23. The Morgan fingerprint density at radius 2 is 2.16 bits per heavy atom. The standard InChI is InChI=1S/C14H18N2O3/c1-9-3-4-16(12(6-9)14(18)19)13(17)11-5-10(2)7-15-8-11/h5,7-9,12H,3-4,6H2,1-2H3,(H,18,19). The van der Waals surface area contributed by atoms with Gasteiger partial charge in [0.15, 0.2) is 0 Å². The van der Waals surface area contributed by atoms with Gasteiger partial charge in [0, 0.05) is 18.9 Å². The number of pyridine rings is 1. The molecule has 1 saturated heterocycles. The predicted molar refractivity (Wildman–Crippen MR) is 69.8 cm³/mol. The molecule has 2 rings (SSSR count). The van der Waals surface area contributed by atoms with Crippen molar-refractivity contribution in [2.24, 2.45) is 5.92 Å². The molecule has 1 aliphatic rings. The molecule has 0 aliphatic carbocycles. The summed E-state index contributed by atoms with van der Waals surface area (Å²) in [6.07, 6.45) is 4.52. The van der Waals surface area contributed by atoms with Crippen molar-refractivity contribution in [3.8, 4) is 0 Å². The fraction of sp³-hybridized carbons (Fsp3) is 0.500. The molecule has 0 saturated carbocycles. The van der Waals surface area contributed by atoms with Crippen LogP contribution in [0, 0.1) is 12.8 Å². The van der Waals surface area contributed by atoms with E-state index in [2.05, 4.69) is 4.98 Å². The van der Waals surface area contributed by atoms with Crippen LogP contribution in [0.3, 0.4) is 0 Å². The quantitative estimate of drug-likeness (QED) is 0.881. The molecular formula is C14H18N2O3. The molecule has 2 atom stereocenters. The van der Waals surface area contributed by atoms with E-state index in [1.807, 2.05) is 13.8 Å². The molecule has 1 aromatic heterocycles. The Labute approximate surface area is 112 Å². The molecule has 102 valence electrons. The number of carboxylic acids is 1. The maximum atomic E-state index is 12.4. The van der Waals surface area contributed by atoms with E-state index >= 15 is 0 Å². The lowest BCUT2D eigenvalue weighted by Crippen LogP contribution is -2.49. The highest BCUT2D eigenvalue weighted by Gasteiger charge is 2.35. The van der Waals surface area contributed by atoms with Gasteiger partial charge in [-0.3, -0.25) is 9.78 Å². The van der Waals surface area contributed by atoms with Gasteiger partial charge in [-0.05, 0) is 37.3 Å². The second-order valence-electron chi connectivity index (χ2n) is 5.23. The minimum absolute atomic E-state index is 0.240. The van der Waals surface area contributed by atoms with Crippen molar-refractivity contribution in [1.29, 1.82) is 0 Å². The van der Waals surface area contributed by atoms with Gasteiger partial charge in [0.2, 0.25) is 0 Å². The van der Waals surface area contributed by atoms with Crippen LogP contribution < -0.4 is 0 Å². The second kappa shape index (κ2) is 5.38. The van der Waals surface area contributed by atoms with Crippen LogP contribution in [-0.2, 0) is 4.79 Å². The van der Waals surface area contributed by atoms with Crippen LogP contribution in [0.4, 0.5) is 0 Å². The molecule has 0 bridgehead atoms. The lowest BCUT2D eigenvalue weighted by molar-refractivity contribution is -0.144. The number of carbonyl (C=O) groups excluding carboxylic acids is 1. The lowest BCUT2D eigenvalue weighted by Gasteiger charge is -2.36. The highest BCUT2D eigenvalue weighted by atomic mass is 16.4. The molecule has 0 spiro atoms. The van der Waals surface area contributed by atoms with Crippen LogP contribution in [0.25, 0.3) is 0 Å². The molecule has 1 N–H and O–H groups in total. The molecule has 2 unspecified atom stereocenters. The summed E-state index contributed by atoms with van der Waals surface area (Å²) in [6, 6.07) is 1.02. The first-order valence-corrected chi connectivity index (χ1v) is 6.44. The van der Waals surface area contributed by atoms with Crippen molar-refractivity contribution in [2.45, 2.75) is 32.7 Å². The summed E-state index contributed by atoms with van der Waals surface area (Å²) in [6.45, 7) is 4.37. The van der Waals surface area contributed by atoms with Crippen molar-refractivity contribution in [3.05, 3.63) is 29.6 Å². The summed E-state index contributed by atoms with van der Waals surface area (Å²) in [7, 11) is 0. The van der Waals surface area contributed by atoms with E-state index in [-0.39, 0.29) is 5.91 Å². The zero-order chi connectivity index (χ0) is 14.0. The normalized spacial score (nSPS) is 23.2. The van der Waals surface area contributed by atoms with Gasteiger partial charge in [0.05, 0.1) is 5.56 Å². The molecular weight excluding hydrogens is 244 g/mol. The largest absolute Gasteiger partial charge is 0.480 e. The lowest BCUT2D eigenvalue weighted by atomic mass is 9.92. The van der Waals surface area contributed by atoms with Crippen LogP contribution in [-0.4, -0.2) is 39.5 Å². The zero-order valence-corrected chi connectivity index (χ0v) is 11.2. The first-order chi connectivity index (χ1) is 8.99. The molecule has 5 heteroatoms.